The summed E-state index contributed by atoms with van der Waals surface area (Å²) in [7, 11) is 0. The average molecular weight is 214 g/mol. The van der Waals surface area contributed by atoms with Gasteiger partial charge in [-0.15, -0.1) is 0 Å². The summed E-state index contributed by atoms with van der Waals surface area (Å²) in [4.78, 5) is 0. The van der Waals surface area contributed by atoms with E-state index in [1.807, 2.05) is 0 Å². The molecular formula is C12H22O3. The SMILES string of the molecule is OC(COCC1CCCC1)C1CCOC1. The highest BCUT2D eigenvalue weighted by Crippen LogP contribution is 2.25. The molecule has 0 aromatic carbocycles. The second kappa shape index (κ2) is 5.83. The fourth-order valence-corrected chi connectivity index (χ4v) is 2.52. The molecule has 1 heterocycles. The molecule has 0 radical (unpaired) electrons. The second-order valence-electron chi connectivity index (χ2n) is 4.88. The average Bonchev–Trinajstić information content (AvgIpc) is 2.90. The van der Waals surface area contributed by atoms with Gasteiger partial charge >= 0.3 is 0 Å². The Kier molecular flexibility index (Phi) is 4.42. The van der Waals surface area contributed by atoms with Crippen LogP contribution < -0.4 is 0 Å². The summed E-state index contributed by atoms with van der Waals surface area (Å²) in [5.74, 6) is 1.05. The minimum Gasteiger partial charge on any atom is -0.390 e. The van der Waals surface area contributed by atoms with Gasteiger partial charge in [0, 0.05) is 19.1 Å². The van der Waals surface area contributed by atoms with Crippen molar-refractivity contribution in [2.24, 2.45) is 11.8 Å². The first kappa shape index (κ1) is 11.4. The number of hydrogen-bond acceptors (Lipinski definition) is 3. The highest BCUT2D eigenvalue weighted by Gasteiger charge is 2.24. The molecular weight excluding hydrogens is 192 g/mol. The molecule has 88 valence electrons. The van der Waals surface area contributed by atoms with Gasteiger partial charge in [-0.2, -0.15) is 0 Å². The van der Waals surface area contributed by atoms with Crippen LogP contribution in [0.25, 0.3) is 0 Å². The molecule has 1 N–H and O–H groups in total. The first-order chi connectivity index (χ1) is 7.36. The van der Waals surface area contributed by atoms with Crippen molar-refractivity contribution in [1.82, 2.24) is 0 Å². The molecule has 2 aliphatic rings. The predicted octanol–water partition coefficient (Wildman–Crippen LogP) is 1.59. The maximum atomic E-state index is 9.82. The highest BCUT2D eigenvalue weighted by atomic mass is 16.5. The number of ether oxygens (including phenoxy) is 2. The predicted molar refractivity (Wildman–Crippen MR) is 57.7 cm³/mol. The molecule has 1 saturated heterocycles. The Balaban J connectivity index is 1.56. The van der Waals surface area contributed by atoms with Gasteiger partial charge in [0.25, 0.3) is 0 Å². The first-order valence-corrected chi connectivity index (χ1v) is 6.20. The summed E-state index contributed by atoms with van der Waals surface area (Å²) >= 11 is 0. The number of rotatable bonds is 5. The monoisotopic (exact) mass is 214 g/mol. The zero-order valence-corrected chi connectivity index (χ0v) is 9.36. The van der Waals surface area contributed by atoms with Crippen LogP contribution in [0.1, 0.15) is 32.1 Å². The normalized spacial score (nSPS) is 29.8. The van der Waals surface area contributed by atoms with Gasteiger partial charge in [0.1, 0.15) is 0 Å². The Bertz CT molecular complexity index is 172. The number of hydrogen-bond donors (Lipinski definition) is 1. The van der Waals surface area contributed by atoms with E-state index >= 15 is 0 Å². The van der Waals surface area contributed by atoms with E-state index in [1.165, 1.54) is 25.7 Å². The minimum absolute atomic E-state index is 0.300. The maximum absolute atomic E-state index is 9.82. The van der Waals surface area contributed by atoms with Gasteiger partial charge in [0.2, 0.25) is 0 Å². The van der Waals surface area contributed by atoms with E-state index in [0.29, 0.717) is 19.1 Å². The molecule has 2 rings (SSSR count). The summed E-state index contributed by atoms with van der Waals surface area (Å²) < 4.78 is 10.8. The quantitative estimate of drug-likeness (QED) is 0.755. The van der Waals surface area contributed by atoms with Crippen molar-refractivity contribution in [3.63, 3.8) is 0 Å². The topological polar surface area (TPSA) is 38.7 Å². The van der Waals surface area contributed by atoms with Crippen molar-refractivity contribution in [2.75, 3.05) is 26.4 Å². The van der Waals surface area contributed by atoms with Gasteiger partial charge in [0.05, 0.1) is 19.3 Å². The molecule has 15 heavy (non-hydrogen) atoms. The lowest BCUT2D eigenvalue weighted by Crippen LogP contribution is -2.27. The molecule has 3 nitrogen and oxygen atoms in total. The molecule has 0 aromatic rings. The van der Waals surface area contributed by atoms with Gasteiger partial charge in [0.15, 0.2) is 0 Å². The lowest BCUT2D eigenvalue weighted by molar-refractivity contribution is -0.00796. The van der Waals surface area contributed by atoms with Gasteiger partial charge in [-0.25, -0.2) is 0 Å². The minimum atomic E-state index is -0.325. The molecule has 0 aromatic heterocycles. The van der Waals surface area contributed by atoms with Crippen LogP contribution in [0.15, 0.2) is 0 Å². The summed E-state index contributed by atoms with van der Waals surface area (Å²) in [6, 6.07) is 0. The lowest BCUT2D eigenvalue weighted by atomic mass is 10.0. The summed E-state index contributed by atoms with van der Waals surface area (Å²) in [5.41, 5.74) is 0. The fourth-order valence-electron chi connectivity index (χ4n) is 2.52. The first-order valence-electron chi connectivity index (χ1n) is 6.20. The van der Waals surface area contributed by atoms with Gasteiger partial charge in [-0.05, 0) is 25.2 Å². The van der Waals surface area contributed by atoms with E-state index in [9.17, 15) is 5.11 Å². The molecule has 1 aliphatic heterocycles. The zero-order valence-electron chi connectivity index (χ0n) is 9.36. The van der Waals surface area contributed by atoms with Gasteiger partial charge in [-0.3, -0.25) is 0 Å². The molecule has 3 heteroatoms. The van der Waals surface area contributed by atoms with Gasteiger partial charge in [-0.1, -0.05) is 12.8 Å². The van der Waals surface area contributed by atoms with Crippen molar-refractivity contribution < 1.29 is 14.6 Å². The van der Waals surface area contributed by atoms with E-state index in [4.69, 9.17) is 9.47 Å². The Morgan fingerprint density at radius 1 is 1.27 bits per heavy atom. The highest BCUT2D eigenvalue weighted by molar-refractivity contribution is 4.73. The van der Waals surface area contributed by atoms with E-state index < -0.39 is 0 Å². The third-order valence-corrected chi connectivity index (χ3v) is 3.63. The van der Waals surface area contributed by atoms with E-state index in [-0.39, 0.29) is 6.10 Å². The van der Waals surface area contributed by atoms with E-state index in [0.717, 1.165) is 25.6 Å². The van der Waals surface area contributed by atoms with Crippen LogP contribution in [0.4, 0.5) is 0 Å². The Hall–Kier alpha value is -0.120. The largest absolute Gasteiger partial charge is 0.390 e. The van der Waals surface area contributed by atoms with Crippen LogP contribution in [0.3, 0.4) is 0 Å². The third kappa shape index (κ3) is 3.44. The van der Waals surface area contributed by atoms with Crippen molar-refractivity contribution in [3.8, 4) is 0 Å². The van der Waals surface area contributed by atoms with Crippen molar-refractivity contribution in [2.45, 2.75) is 38.2 Å². The lowest BCUT2D eigenvalue weighted by Gasteiger charge is -2.17. The van der Waals surface area contributed by atoms with Crippen LogP contribution in [0.2, 0.25) is 0 Å². The molecule has 0 amide bonds. The standard InChI is InChI=1S/C12H22O3/c13-12(11-5-6-14-8-11)9-15-7-10-3-1-2-4-10/h10-13H,1-9H2. The van der Waals surface area contributed by atoms with E-state index in [1.54, 1.807) is 0 Å². The van der Waals surface area contributed by atoms with Gasteiger partial charge < -0.3 is 14.6 Å². The zero-order chi connectivity index (χ0) is 10.5. The number of aliphatic hydroxyl groups excluding tert-OH is 1. The van der Waals surface area contributed by atoms with Crippen LogP contribution >= 0.6 is 0 Å². The smallest absolute Gasteiger partial charge is 0.0824 e. The van der Waals surface area contributed by atoms with Crippen LogP contribution in [-0.2, 0) is 9.47 Å². The molecule has 0 bridgehead atoms. The fraction of sp³-hybridized carbons (Fsp3) is 1.00. The second-order valence-corrected chi connectivity index (χ2v) is 4.88. The maximum Gasteiger partial charge on any atom is 0.0824 e. The molecule has 0 spiro atoms. The molecule has 1 aliphatic carbocycles. The molecule has 1 saturated carbocycles. The number of aliphatic hydroxyl groups is 1. The van der Waals surface area contributed by atoms with Crippen molar-refractivity contribution >= 4 is 0 Å². The summed E-state index contributed by atoms with van der Waals surface area (Å²) in [6.45, 7) is 2.83. The third-order valence-electron chi connectivity index (χ3n) is 3.63. The summed E-state index contributed by atoms with van der Waals surface area (Å²) in [5, 5.41) is 9.82. The Morgan fingerprint density at radius 2 is 2.07 bits per heavy atom. The Morgan fingerprint density at radius 3 is 2.73 bits per heavy atom. The Labute approximate surface area is 91.8 Å². The van der Waals surface area contributed by atoms with Crippen LogP contribution in [0.5, 0.6) is 0 Å². The molecule has 2 fully saturated rings. The molecule has 2 atom stereocenters. The van der Waals surface area contributed by atoms with Crippen LogP contribution in [-0.4, -0.2) is 37.6 Å². The molecule has 2 unspecified atom stereocenters. The van der Waals surface area contributed by atoms with E-state index in [2.05, 4.69) is 0 Å². The van der Waals surface area contributed by atoms with Crippen molar-refractivity contribution in [1.29, 1.82) is 0 Å². The van der Waals surface area contributed by atoms with Crippen molar-refractivity contribution in [3.05, 3.63) is 0 Å². The van der Waals surface area contributed by atoms with Crippen LogP contribution in [0, 0.1) is 11.8 Å². The summed E-state index contributed by atoms with van der Waals surface area (Å²) in [6.07, 6.45) is 5.98.